The molecule has 1 N–H and O–H groups in total. The molecule has 47 heavy (non-hydrogen) atoms. The van der Waals surface area contributed by atoms with Crippen molar-refractivity contribution in [2.75, 3.05) is 19.7 Å². The molecular weight excluding hydrogens is 599 g/mol. The fourth-order valence-corrected chi connectivity index (χ4v) is 7.94. The van der Waals surface area contributed by atoms with E-state index >= 15 is 0 Å². The van der Waals surface area contributed by atoms with Crippen LogP contribution in [0, 0.1) is 16.6 Å². The van der Waals surface area contributed by atoms with E-state index in [9.17, 15) is 19.1 Å². The van der Waals surface area contributed by atoms with Crippen LogP contribution in [0.1, 0.15) is 90.5 Å². The molecule has 248 valence electrons. The monoisotopic (exact) mass is 642 g/mol. The number of carboxylic acid groups (broad SMARTS) is 1. The first kappa shape index (κ1) is 31.5. The molecule has 1 aliphatic carbocycles. The molecule has 2 saturated heterocycles. The van der Waals surface area contributed by atoms with Gasteiger partial charge in [0.1, 0.15) is 11.9 Å². The van der Waals surface area contributed by atoms with Crippen LogP contribution in [0.15, 0.2) is 42.6 Å². The maximum absolute atomic E-state index is 14.0. The summed E-state index contributed by atoms with van der Waals surface area (Å²) in [7, 11) is 0. The van der Waals surface area contributed by atoms with Crippen molar-refractivity contribution in [1.82, 2.24) is 19.7 Å². The number of carbonyl (C=O) groups is 2. The van der Waals surface area contributed by atoms with Crippen LogP contribution in [0.4, 0.5) is 4.39 Å². The zero-order chi connectivity index (χ0) is 33.1. The number of halogens is 1. The lowest BCUT2D eigenvalue weighted by atomic mass is 9.66. The fraction of sp³-hybridized carbons (Fsp3) is 0.514. The first-order chi connectivity index (χ1) is 22.4. The van der Waals surface area contributed by atoms with Gasteiger partial charge in [-0.05, 0) is 78.7 Å². The lowest BCUT2D eigenvalue weighted by molar-refractivity contribution is -0.140. The van der Waals surface area contributed by atoms with Crippen LogP contribution in [0.3, 0.4) is 0 Å². The van der Waals surface area contributed by atoms with E-state index in [1.165, 1.54) is 12.1 Å². The first-order valence-corrected chi connectivity index (χ1v) is 16.8. The van der Waals surface area contributed by atoms with Crippen molar-refractivity contribution < 1.29 is 28.6 Å². The number of likely N-dealkylation sites (tertiary alicyclic amines) is 1. The number of carbonyl (C=O) groups excluding carboxylic acids is 1. The molecule has 3 fully saturated rings. The summed E-state index contributed by atoms with van der Waals surface area (Å²) >= 11 is 0. The molecule has 0 bridgehead atoms. The Morgan fingerprint density at radius 1 is 1.17 bits per heavy atom. The van der Waals surface area contributed by atoms with E-state index in [4.69, 9.17) is 19.6 Å². The Kier molecular flexibility index (Phi) is 7.97. The summed E-state index contributed by atoms with van der Waals surface area (Å²) < 4.78 is 28.8. The number of benzene rings is 2. The molecule has 1 spiro atoms. The van der Waals surface area contributed by atoms with Crippen LogP contribution in [0.2, 0.25) is 0 Å². The summed E-state index contributed by atoms with van der Waals surface area (Å²) in [6, 6.07) is 10.8. The number of rotatable bonds is 9. The lowest BCUT2D eigenvalue weighted by Gasteiger charge is -2.44. The highest BCUT2D eigenvalue weighted by Gasteiger charge is 2.53. The van der Waals surface area contributed by atoms with Gasteiger partial charge in [-0.2, -0.15) is 5.10 Å². The highest BCUT2D eigenvalue weighted by molar-refractivity contribution is 6.07. The van der Waals surface area contributed by atoms with Crippen LogP contribution in [0.5, 0.6) is 5.88 Å². The Morgan fingerprint density at radius 3 is 2.62 bits per heavy atom. The molecule has 0 radical (unpaired) electrons. The summed E-state index contributed by atoms with van der Waals surface area (Å²) in [4.78, 5) is 31.4. The molecule has 2 aliphatic heterocycles. The summed E-state index contributed by atoms with van der Waals surface area (Å²) in [5.41, 5.74) is 2.99. The quantitative estimate of drug-likeness (QED) is 0.202. The van der Waals surface area contributed by atoms with Crippen LogP contribution in [-0.4, -0.2) is 62.4 Å². The van der Waals surface area contributed by atoms with E-state index in [0.717, 1.165) is 70.6 Å². The summed E-state index contributed by atoms with van der Waals surface area (Å²) in [5, 5.41) is 16.9. The lowest BCUT2D eigenvalue weighted by Crippen LogP contribution is -2.46. The molecule has 1 atom stereocenters. The molecule has 7 rings (SSSR count). The molecule has 3 aliphatic rings. The zero-order valence-corrected chi connectivity index (χ0v) is 27.6. The molecule has 4 aromatic rings. The van der Waals surface area contributed by atoms with Gasteiger partial charge in [0.2, 0.25) is 11.8 Å². The SMILES string of the molecule is CC(C)c1nc(OC2CC3(CC(=O)N(CC(C)(C)CC(=O)O)C3)C2)c2cc3c(cnn3C3CCCCO3)cc2c1-c1ccc(F)cc1. The van der Waals surface area contributed by atoms with Gasteiger partial charge in [0.05, 0.1) is 23.8 Å². The minimum Gasteiger partial charge on any atom is -0.481 e. The minimum absolute atomic E-state index is 0.0133. The molecule has 2 aromatic heterocycles. The molecule has 1 unspecified atom stereocenters. The number of amides is 1. The number of hydrogen-bond acceptors (Lipinski definition) is 6. The van der Waals surface area contributed by atoms with Gasteiger partial charge in [-0.15, -0.1) is 0 Å². The predicted octanol–water partition coefficient (Wildman–Crippen LogP) is 7.47. The van der Waals surface area contributed by atoms with Crippen molar-refractivity contribution in [1.29, 1.82) is 0 Å². The van der Waals surface area contributed by atoms with Gasteiger partial charge in [-0.1, -0.05) is 39.8 Å². The van der Waals surface area contributed by atoms with Crippen molar-refractivity contribution in [2.24, 2.45) is 10.8 Å². The van der Waals surface area contributed by atoms with Crippen LogP contribution < -0.4 is 4.74 Å². The van der Waals surface area contributed by atoms with Crippen LogP contribution in [-0.2, 0) is 14.3 Å². The average Bonchev–Trinajstić information content (AvgIpc) is 3.56. The standard InChI is InChI=1S/C37H43FN4O5/c1-22(2)34-33(23-8-10-25(38)11-9-23)27-13-24-19-39-42(31-7-5-6-12-46-31)29(24)14-28(27)35(40-34)47-26-15-37(16-26)17-30(43)41(21-37)20-36(3,4)18-32(44)45/h8-11,13-14,19,22,26,31H,5-7,12,15-18,20-21H2,1-4H3,(H,44,45). The van der Waals surface area contributed by atoms with Gasteiger partial charge in [0, 0.05) is 47.9 Å². The topological polar surface area (TPSA) is 107 Å². The second-order valence-electron chi connectivity index (χ2n) is 15.0. The van der Waals surface area contributed by atoms with Gasteiger partial charge in [-0.3, -0.25) is 9.59 Å². The van der Waals surface area contributed by atoms with Crippen LogP contribution >= 0.6 is 0 Å². The minimum atomic E-state index is -0.856. The Hall–Kier alpha value is -4.05. The number of carboxylic acids is 1. The van der Waals surface area contributed by atoms with Gasteiger partial charge in [0.25, 0.3) is 0 Å². The van der Waals surface area contributed by atoms with Crippen molar-refractivity contribution in [2.45, 2.75) is 90.9 Å². The maximum Gasteiger partial charge on any atom is 0.303 e. The molecule has 1 saturated carbocycles. The summed E-state index contributed by atoms with van der Waals surface area (Å²) in [5.74, 6) is -0.444. The van der Waals surface area contributed by atoms with Crippen molar-refractivity contribution in [3.63, 3.8) is 0 Å². The smallest absolute Gasteiger partial charge is 0.303 e. The van der Waals surface area contributed by atoms with Crippen molar-refractivity contribution in [3.05, 3.63) is 54.1 Å². The highest BCUT2D eigenvalue weighted by atomic mass is 19.1. The molecule has 9 nitrogen and oxygen atoms in total. The third-order valence-corrected chi connectivity index (χ3v) is 10.1. The first-order valence-electron chi connectivity index (χ1n) is 16.8. The molecule has 2 aromatic carbocycles. The number of fused-ring (bicyclic) bond motifs is 2. The molecule has 1 amide bonds. The van der Waals surface area contributed by atoms with Gasteiger partial charge in [-0.25, -0.2) is 14.1 Å². The van der Waals surface area contributed by atoms with Gasteiger partial charge in [0.15, 0.2) is 6.23 Å². The van der Waals surface area contributed by atoms with Gasteiger partial charge < -0.3 is 19.5 Å². The maximum atomic E-state index is 14.0. The second kappa shape index (κ2) is 11.9. The molecule has 10 heteroatoms. The molecule has 4 heterocycles. The Balaban J connectivity index is 1.24. The number of nitrogens with zero attached hydrogens (tertiary/aromatic N) is 4. The van der Waals surface area contributed by atoms with Crippen molar-refractivity contribution >= 4 is 33.6 Å². The second-order valence-corrected chi connectivity index (χ2v) is 15.0. The Labute approximate surface area is 274 Å². The number of aliphatic carboxylic acids is 1. The number of hydrogen-bond donors (Lipinski definition) is 1. The summed E-state index contributed by atoms with van der Waals surface area (Å²) in [6.07, 6.45) is 6.60. The Morgan fingerprint density at radius 2 is 1.94 bits per heavy atom. The van der Waals surface area contributed by atoms with E-state index < -0.39 is 11.4 Å². The third-order valence-electron chi connectivity index (χ3n) is 10.1. The number of aromatic nitrogens is 3. The predicted molar refractivity (Wildman–Crippen MR) is 177 cm³/mol. The third kappa shape index (κ3) is 6.08. The normalized spacial score (nSPS) is 23.3. The van der Waals surface area contributed by atoms with Crippen LogP contribution in [0.25, 0.3) is 32.8 Å². The van der Waals surface area contributed by atoms with Crippen molar-refractivity contribution in [3.8, 4) is 17.0 Å². The van der Waals surface area contributed by atoms with E-state index in [2.05, 4.69) is 26.0 Å². The Bertz CT molecular complexity index is 1840. The zero-order valence-electron chi connectivity index (χ0n) is 27.6. The largest absolute Gasteiger partial charge is 0.481 e. The van der Waals surface area contributed by atoms with E-state index in [0.29, 0.717) is 32.0 Å². The van der Waals surface area contributed by atoms with E-state index in [-0.39, 0.29) is 41.8 Å². The fourth-order valence-electron chi connectivity index (χ4n) is 7.94. The number of pyridine rings is 1. The highest BCUT2D eigenvalue weighted by Crippen LogP contribution is 2.51. The summed E-state index contributed by atoms with van der Waals surface area (Å²) in [6.45, 7) is 9.75. The van der Waals surface area contributed by atoms with E-state index in [1.807, 2.05) is 29.6 Å². The molecular formula is C37H43FN4O5. The van der Waals surface area contributed by atoms with E-state index in [1.54, 1.807) is 12.1 Å². The van der Waals surface area contributed by atoms with Gasteiger partial charge >= 0.3 is 5.97 Å². The average molecular weight is 643 g/mol. The number of ether oxygens (including phenoxy) is 2.